The number of likely N-dealkylation sites (tertiary alicyclic amines) is 1. The number of amides is 1. The zero-order valence-electron chi connectivity index (χ0n) is 16.1. The van der Waals surface area contributed by atoms with Gasteiger partial charge >= 0.3 is 0 Å². The van der Waals surface area contributed by atoms with Crippen LogP contribution in [0.1, 0.15) is 41.1 Å². The SMILES string of the molecule is Cc1nnn(Cc2cc(Cl)ccc2/C=C/C(=O)N2CC[C@@H](c3nnc(C)o3)C2)n1. The minimum Gasteiger partial charge on any atom is -0.425 e. The molecule has 0 spiro atoms. The van der Waals surface area contributed by atoms with Crippen LogP contribution in [0.4, 0.5) is 0 Å². The average molecular weight is 414 g/mol. The highest BCUT2D eigenvalue weighted by atomic mass is 35.5. The summed E-state index contributed by atoms with van der Waals surface area (Å²) in [4.78, 5) is 15.9. The topological polar surface area (TPSA) is 103 Å². The fourth-order valence-electron chi connectivity index (χ4n) is 3.32. The fraction of sp³-hybridized carbons (Fsp3) is 0.368. The Balaban J connectivity index is 1.45. The third-order valence-electron chi connectivity index (χ3n) is 4.77. The molecule has 1 aliphatic rings. The molecule has 3 heterocycles. The second kappa shape index (κ2) is 8.12. The van der Waals surface area contributed by atoms with Crippen LogP contribution >= 0.6 is 11.6 Å². The summed E-state index contributed by atoms with van der Waals surface area (Å²) < 4.78 is 5.50. The summed E-state index contributed by atoms with van der Waals surface area (Å²) in [6, 6.07) is 5.51. The Labute approximate surface area is 172 Å². The predicted octanol–water partition coefficient (Wildman–Crippen LogP) is 2.40. The largest absolute Gasteiger partial charge is 0.425 e. The van der Waals surface area contributed by atoms with E-state index in [4.69, 9.17) is 16.0 Å². The van der Waals surface area contributed by atoms with Gasteiger partial charge in [0.15, 0.2) is 5.82 Å². The lowest BCUT2D eigenvalue weighted by Crippen LogP contribution is -2.26. The first-order valence-electron chi connectivity index (χ1n) is 9.28. The van der Waals surface area contributed by atoms with Crippen LogP contribution in [0.2, 0.25) is 5.02 Å². The Bertz CT molecular complexity index is 1060. The third kappa shape index (κ3) is 4.51. The van der Waals surface area contributed by atoms with Gasteiger partial charge in [0.25, 0.3) is 0 Å². The van der Waals surface area contributed by atoms with Gasteiger partial charge in [0, 0.05) is 31.1 Å². The van der Waals surface area contributed by atoms with Gasteiger partial charge in [-0.1, -0.05) is 17.7 Å². The number of carbonyl (C=O) groups is 1. The molecule has 1 saturated heterocycles. The maximum atomic E-state index is 12.6. The van der Waals surface area contributed by atoms with Crippen LogP contribution in [0, 0.1) is 13.8 Å². The van der Waals surface area contributed by atoms with E-state index in [0.29, 0.717) is 42.3 Å². The number of benzene rings is 1. The number of halogens is 1. The molecule has 10 heteroatoms. The smallest absolute Gasteiger partial charge is 0.246 e. The normalized spacial score (nSPS) is 16.8. The number of nitrogens with zero attached hydrogens (tertiary/aromatic N) is 7. The van der Waals surface area contributed by atoms with E-state index in [1.54, 1.807) is 37.0 Å². The average Bonchev–Trinajstić information content (AvgIpc) is 3.42. The van der Waals surface area contributed by atoms with Crippen molar-refractivity contribution in [3.63, 3.8) is 0 Å². The molecule has 0 bridgehead atoms. The van der Waals surface area contributed by atoms with Gasteiger partial charge in [0.05, 0.1) is 12.5 Å². The number of carbonyl (C=O) groups excluding carboxylic acids is 1. The summed E-state index contributed by atoms with van der Waals surface area (Å²) in [7, 11) is 0. The number of hydrogen-bond acceptors (Lipinski definition) is 7. The number of aromatic nitrogens is 6. The maximum absolute atomic E-state index is 12.6. The van der Waals surface area contributed by atoms with Gasteiger partial charge in [-0.25, -0.2) is 0 Å². The van der Waals surface area contributed by atoms with Gasteiger partial charge in [0.1, 0.15) is 0 Å². The van der Waals surface area contributed by atoms with Gasteiger partial charge in [-0.3, -0.25) is 4.79 Å². The first-order valence-corrected chi connectivity index (χ1v) is 9.65. The van der Waals surface area contributed by atoms with Gasteiger partial charge in [0.2, 0.25) is 17.7 Å². The van der Waals surface area contributed by atoms with Crippen molar-refractivity contribution in [1.82, 2.24) is 35.3 Å². The van der Waals surface area contributed by atoms with Crippen molar-refractivity contribution in [2.24, 2.45) is 0 Å². The molecule has 4 rings (SSSR count). The second-order valence-electron chi connectivity index (χ2n) is 6.97. The summed E-state index contributed by atoms with van der Waals surface area (Å²) in [6.45, 7) is 5.18. The van der Waals surface area contributed by atoms with E-state index in [-0.39, 0.29) is 11.8 Å². The number of rotatable bonds is 5. The highest BCUT2D eigenvalue weighted by molar-refractivity contribution is 6.30. The lowest BCUT2D eigenvalue weighted by Gasteiger charge is -2.13. The molecule has 1 aromatic carbocycles. The van der Waals surface area contributed by atoms with E-state index in [9.17, 15) is 4.79 Å². The van der Waals surface area contributed by atoms with E-state index in [0.717, 1.165) is 17.5 Å². The third-order valence-corrected chi connectivity index (χ3v) is 5.00. The Kier molecular flexibility index (Phi) is 5.39. The van der Waals surface area contributed by atoms with E-state index < -0.39 is 0 Å². The van der Waals surface area contributed by atoms with Gasteiger partial charge < -0.3 is 9.32 Å². The zero-order chi connectivity index (χ0) is 20.4. The quantitative estimate of drug-likeness (QED) is 0.591. The summed E-state index contributed by atoms with van der Waals surface area (Å²) in [5.74, 6) is 1.76. The van der Waals surface area contributed by atoms with Crippen molar-refractivity contribution in [2.45, 2.75) is 32.7 Å². The summed E-state index contributed by atoms with van der Waals surface area (Å²) in [6.07, 6.45) is 4.18. The van der Waals surface area contributed by atoms with Crippen molar-refractivity contribution in [2.75, 3.05) is 13.1 Å². The van der Waals surface area contributed by atoms with Gasteiger partial charge in [-0.2, -0.15) is 4.80 Å². The number of tetrazole rings is 1. The van der Waals surface area contributed by atoms with Gasteiger partial charge in [-0.05, 0) is 47.9 Å². The van der Waals surface area contributed by atoms with Crippen LogP contribution in [0.5, 0.6) is 0 Å². The van der Waals surface area contributed by atoms with Crippen molar-refractivity contribution >= 4 is 23.6 Å². The Hall–Kier alpha value is -3.07. The van der Waals surface area contributed by atoms with Crippen molar-refractivity contribution in [1.29, 1.82) is 0 Å². The molecule has 1 amide bonds. The van der Waals surface area contributed by atoms with Gasteiger partial charge in [-0.15, -0.1) is 20.4 Å². The molecule has 0 radical (unpaired) electrons. The number of hydrogen-bond donors (Lipinski definition) is 0. The lowest BCUT2D eigenvalue weighted by molar-refractivity contribution is -0.125. The summed E-state index contributed by atoms with van der Waals surface area (Å²) >= 11 is 6.15. The van der Waals surface area contributed by atoms with Crippen molar-refractivity contribution in [3.05, 3.63) is 58.0 Å². The highest BCUT2D eigenvalue weighted by Crippen LogP contribution is 2.26. The first kappa shape index (κ1) is 19.3. The molecule has 1 aliphatic heterocycles. The molecule has 150 valence electrons. The molecule has 1 atom stereocenters. The Morgan fingerprint density at radius 1 is 1.31 bits per heavy atom. The highest BCUT2D eigenvalue weighted by Gasteiger charge is 2.29. The molecule has 0 N–H and O–H groups in total. The summed E-state index contributed by atoms with van der Waals surface area (Å²) in [5.41, 5.74) is 1.78. The van der Waals surface area contributed by atoms with Crippen LogP contribution in [0.25, 0.3) is 6.08 Å². The maximum Gasteiger partial charge on any atom is 0.246 e. The number of aryl methyl sites for hydroxylation is 2. The molecular formula is C19H20ClN7O2. The predicted molar refractivity (Wildman–Crippen MR) is 105 cm³/mol. The zero-order valence-corrected chi connectivity index (χ0v) is 16.9. The van der Waals surface area contributed by atoms with Crippen molar-refractivity contribution in [3.8, 4) is 0 Å². The minimum absolute atomic E-state index is 0.0561. The molecule has 3 aromatic rings. The molecular weight excluding hydrogens is 394 g/mol. The molecule has 1 fully saturated rings. The van der Waals surface area contributed by atoms with E-state index in [1.165, 1.54) is 4.80 Å². The van der Waals surface area contributed by atoms with E-state index in [2.05, 4.69) is 25.6 Å². The van der Waals surface area contributed by atoms with Crippen molar-refractivity contribution < 1.29 is 9.21 Å². The molecule has 0 aliphatic carbocycles. The molecule has 29 heavy (non-hydrogen) atoms. The second-order valence-corrected chi connectivity index (χ2v) is 7.41. The first-order chi connectivity index (χ1) is 14.0. The molecule has 9 nitrogen and oxygen atoms in total. The van der Waals surface area contributed by atoms with E-state index in [1.807, 2.05) is 12.1 Å². The fourth-order valence-corrected chi connectivity index (χ4v) is 3.52. The van der Waals surface area contributed by atoms with Crippen LogP contribution < -0.4 is 0 Å². The molecule has 0 unspecified atom stereocenters. The standard InChI is InChI=1S/C19H20ClN7O2/c1-12-21-25-27(24-12)11-16-9-17(20)5-3-14(16)4-6-18(28)26-8-7-15(10-26)19-23-22-13(2)29-19/h3-6,9,15H,7-8,10-11H2,1-2H3/b6-4+/t15-/m1/s1. The summed E-state index contributed by atoms with van der Waals surface area (Å²) in [5, 5.41) is 20.6. The molecule has 2 aromatic heterocycles. The van der Waals surface area contributed by atoms with Crippen LogP contribution in [-0.2, 0) is 11.3 Å². The lowest BCUT2D eigenvalue weighted by atomic mass is 10.1. The minimum atomic E-state index is -0.0561. The van der Waals surface area contributed by atoms with Crippen LogP contribution in [0.3, 0.4) is 0 Å². The Morgan fingerprint density at radius 2 is 2.17 bits per heavy atom. The van der Waals surface area contributed by atoms with E-state index >= 15 is 0 Å². The monoisotopic (exact) mass is 413 g/mol. The Morgan fingerprint density at radius 3 is 2.90 bits per heavy atom. The molecule has 0 saturated carbocycles. The van der Waals surface area contributed by atoms with Crippen LogP contribution in [0.15, 0.2) is 28.7 Å². The van der Waals surface area contributed by atoms with Crippen LogP contribution in [-0.4, -0.2) is 54.3 Å².